The molecular formula is C24H20ClNO5S. The second-order valence-electron chi connectivity index (χ2n) is 7.36. The highest BCUT2D eigenvalue weighted by Crippen LogP contribution is 2.25. The zero-order chi connectivity index (χ0) is 22.7. The Bertz CT molecular complexity index is 1270. The lowest BCUT2D eigenvalue weighted by Gasteiger charge is -2.28. The first-order valence-corrected chi connectivity index (χ1v) is 11.8. The molecule has 0 unspecified atom stereocenters. The lowest BCUT2D eigenvalue weighted by molar-refractivity contribution is 0.0474. The van der Waals surface area contributed by atoms with E-state index in [0.29, 0.717) is 19.5 Å². The van der Waals surface area contributed by atoms with Gasteiger partial charge in [-0.15, -0.1) is 0 Å². The molecule has 0 spiro atoms. The van der Waals surface area contributed by atoms with Gasteiger partial charge >= 0.3 is 5.97 Å². The van der Waals surface area contributed by atoms with E-state index in [1.54, 1.807) is 24.3 Å². The van der Waals surface area contributed by atoms with Crippen molar-refractivity contribution in [2.45, 2.75) is 17.9 Å². The van der Waals surface area contributed by atoms with Crippen molar-refractivity contribution < 1.29 is 22.7 Å². The van der Waals surface area contributed by atoms with Crippen molar-refractivity contribution in [1.82, 2.24) is 4.31 Å². The van der Waals surface area contributed by atoms with Crippen LogP contribution >= 0.6 is 11.6 Å². The minimum Gasteiger partial charge on any atom is -0.454 e. The predicted octanol–water partition coefficient (Wildman–Crippen LogP) is 4.13. The molecule has 4 rings (SSSR count). The third-order valence-corrected chi connectivity index (χ3v) is 7.52. The van der Waals surface area contributed by atoms with Gasteiger partial charge in [0.1, 0.15) is 0 Å². The molecule has 0 N–H and O–H groups in total. The first-order chi connectivity index (χ1) is 15.4. The van der Waals surface area contributed by atoms with E-state index in [0.717, 1.165) is 11.1 Å². The van der Waals surface area contributed by atoms with Crippen molar-refractivity contribution in [2.75, 3.05) is 13.2 Å². The molecule has 0 amide bonds. The van der Waals surface area contributed by atoms with Gasteiger partial charge in [-0.05, 0) is 53.9 Å². The predicted molar refractivity (Wildman–Crippen MR) is 120 cm³/mol. The standard InChI is InChI=1S/C24H20ClNO5S/c25-22-8-4-3-7-21(22)23(27)16-31-24(28)18-9-11-20(12-10-18)32(29,30)26-14-13-17-5-1-2-6-19(17)15-26/h1-12H,13-16H2. The van der Waals surface area contributed by atoms with Gasteiger partial charge in [0.05, 0.1) is 15.5 Å². The number of hydrogen-bond acceptors (Lipinski definition) is 5. The number of carbonyl (C=O) groups excluding carboxylic acids is 2. The molecule has 0 aliphatic carbocycles. The fourth-order valence-electron chi connectivity index (χ4n) is 3.57. The third-order valence-electron chi connectivity index (χ3n) is 5.33. The van der Waals surface area contributed by atoms with E-state index >= 15 is 0 Å². The minimum atomic E-state index is -3.70. The van der Waals surface area contributed by atoms with E-state index in [1.165, 1.54) is 28.6 Å². The maximum atomic E-state index is 13.0. The van der Waals surface area contributed by atoms with Crippen molar-refractivity contribution in [1.29, 1.82) is 0 Å². The van der Waals surface area contributed by atoms with Crippen LogP contribution in [0.3, 0.4) is 0 Å². The van der Waals surface area contributed by atoms with E-state index < -0.39 is 28.4 Å². The average Bonchev–Trinajstić information content (AvgIpc) is 2.82. The molecule has 1 aliphatic heterocycles. The van der Waals surface area contributed by atoms with Gasteiger partial charge in [-0.1, -0.05) is 48.0 Å². The number of fused-ring (bicyclic) bond motifs is 1. The molecule has 32 heavy (non-hydrogen) atoms. The van der Waals surface area contributed by atoms with Crippen LogP contribution in [0.25, 0.3) is 0 Å². The Morgan fingerprint density at radius 2 is 1.56 bits per heavy atom. The summed E-state index contributed by atoms with van der Waals surface area (Å²) in [6.45, 7) is 0.246. The number of benzene rings is 3. The molecule has 0 saturated heterocycles. The molecule has 6 nitrogen and oxygen atoms in total. The number of hydrogen-bond donors (Lipinski definition) is 0. The molecule has 0 aromatic heterocycles. The molecule has 0 bridgehead atoms. The number of halogens is 1. The Balaban J connectivity index is 1.42. The van der Waals surface area contributed by atoms with Crippen molar-refractivity contribution >= 4 is 33.4 Å². The summed E-state index contributed by atoms with van der Waals surface area (Å²) in [5.41, 5.74) is 2.57. The fourth-order valence-corrected chi connectivity index (χ4v) is 5.23. The molecule has 3 aromatic rings. The quantitative estimate of drug-likeness (QED) is 0.400. The van der Waals surface area contributed by atoms with Crippen molar-refractivity contribution in [3.05, 3.63) is 100 Å². The summed E-state index contributed by atoms with van der Waals surface area (Å²) >= 11 is 5.98. The van der Waals surface area contributed by atoms with Crippen molar-refractivity contribution in [3.8, 4) is 0 Å². The molecule has 3 aromatic carbocycles. The first-order valence-electron chi connectivity index (χ1n) is 9.98. The first kappa shape index (κ1) is 22.2. The van der Waals surface area contributed by atoms with Crippen LogP contribution < -0.4 is 0 Å². The number of ether oxygens (including phenoxy) is 1. The monoisotopic (exact) mass is 469 g/mol. The summed E-state index contributed by atoms with van der Waals surface area (Å²) in [7, 11) is -3.70. The third kappa shape index (κ3) is 4.60. The highest BCUT2D eigenvalue weighted by Gasteiger charge is 2.28. The minimum absolute atomic E-state index is 0.0978. The Morgan fingerprint density at radius 3 is 2.28 bits per heavy atom. The molecule has 1 aliphatic rings. The van der Waals surface area contributed by atoms with Crippen LogP contribution in [0, 0.1) is 0 Å². The Hall–Kier alpha value is -3.00. The van der Waals surface area contributed by atoms with Crippen LogP contribution in [-0.4, -0.2) is 37.6 Å². The summed E-state index contributed by atoms with van der Waals surface area (Å²) in [6, 6.07) is 19.8. The van der Waals surface area contributed by atoms with Gasteiger partial charge in [0.15, 0.2) is 6.61 Å². The molecule has 0 saturated carbocycles. The van der Waals surface area contributed by atoms with Crippen molar-refractivity contribution in [3.63, 3.8) is 0 Å². The Kier molecular flexibility index (Phi) is 6.41. The van der Waals surface area contributed by atoms with Gasteiger partial charge in [-0.3, -0.25) is 4.79 Å². The van der Waals surface area contributed by atoms with Crippen molar-refractivity contribution in [2.24, 2.45) is 0 Å². The summed E-state index contributed by atoms with van der Waals surface area (Å²) in [6.07, 6.45) is 0.652. The van der Waals surface area contributed by atoms with E-state index in [-0.39, 0.29) is 21.0 Å². The largest absolute Gasteiger partial charge is 0.454 e. The number of sulfonamides is 1. The average molecular weight is 470 g/mol. The van der Waals surface area contributed by atoms with Crippen LogP contribution in [0.1, 0.15) is 31.8 Å². The molecule has 0 fully saturated rings. The highest BCUT2D eigenvalue weighted by atomic mass is 35.5. The van der Waals surface area contributed by atoms with E-state index in [9.17, 15) is 18.0 Å². The molecular weight excluding hydrogens is 450 g/mol. The number of ketones is 1. The normalized spacial score (nSPS) is 13.9. The zero-order valence-corrected chi connectivity index (χ0v) is 18.6. The number of rotatable bonds is 6. The van der Waals surface area contributed by atoms with Gasteiger partial charge in [0.25, 0.3) is 0 Å². The van der Waals surface area contributed by atoms with Crippen LogP contribution in [0.2, 0.25) is 5.02 Å². The van der Waals surface area contributed by atoms with Crippen LogP contribution in [-0.2, 0) is 27.7 Å². The van der Waals surface area contributed by atoms with E-state index in [1.807, 2.05) is 24.3 Å². The Morgan fingerprint density at radius 1 is 0.906 bits per heavy atom. The number of carbonyl (C=O) groups is 2. The second-order valence-corrected chi connectivity index (χ2v) is 9.71. The highest BCUT2D eigenvalue weighted by molar-refractivity contribution is 7.89. The van der Waals surface area contributed by atoms with E-state index in [2.05, 4.69) is 0 Å². The fraction of sp³-hybridized carbons (Fsp3) is 0.167. The number of esters is 1. The molecule has 8 heteroatoms. The molecule has 0 radical (unpaired) electrons. The second kappa shape index (κ2) is 9.24. The maximum absolute atomic E-state index is 13.0. The van der Waals surface area contributed by atoms with Crippen LogP contribution in [0.4, 0.5) is 0 Å². The smallest absolute Gasteiger partial charge is 0.338 e. The topological polar surface area (TPSA) is 80.8 Å². The Labute approximate surface area is 191 Å². The molecule has 0 atom stereocenters. The molecule has 1 heterocycles. The van der Waals surface area contributed by atoms with E-state index in [4.69, 9.17) is 16.3 Å². The summed E-state index contributed by atoms with van der Waals surface area (Å²) in [5.74, 6) is -1.14. The van der Waals surface area contributed by atoms with Gasteiger partial charge in [-0.25, -0.2) is 13.2 Å². The lowest BCUT2D eigenvalue weighted by Crippen LogP contribution is -2.35. The number of nitrogens with zero attached hydrogens (tertiary/aromatic N) is 1. The van der Waals surface area contributed by atoms with Crippen LogP contribution in [0.5, 0.6) is 0 Å². The molecule has 164 valence electrons. The van der Waals surface area contributed by atoms with Crippen LogP contribution in [0.15, 0.2) is 77.7 Å². The summed E-state index contributed by atoms with van der Waals surface area (Å²) < 4.78 is 32.6. The SMILES string of the molecule is O=C(OCC(=O)c1ccccc1Cl)c1ccc(S(=O)(=O)N2CCc3ccccc3C2)cc1. The summed E-state index contributed by atoms with van der Waals surface area (Å²) in [4.78, 5) is 24.6. The summed E-state index contributed by atoms with van der Waals surface area (Å²) in [5, 5.41) is 0.281. The van der Waals surface area contributed by atoms with Gasteiger partial charge in [0, 0.05) is 18.7 Å². The van der Waals surface area contributed by atoms with Gasteiger partial charge < -0.3 is 4.74 Å². The number of Topliss-reactive ketones (excluding diaryl/α,β-unsaturated/α-hetero) is 1. The zero-order valence-electron chi connectivity index (χ0n) is 17.0. The lowest BCUT2D eigenvalue weighted by atomic mass is 10.0. The van der Waals surface area contributed by atoms with Gasteiger partial charge in [0.2, 0.25) is 15.8 Å². The maximum Gasteiger partial charge on any atom is 0.338 e. The van der Waals surface area contributed by atoms with Gasteiger partial charge in [-0.2, -0.15) is 4.31 Å².